The van der Waals surface area contributed by atoms with Gasteiger partial charge in [0.05, 0.1) is 12.1 Å². The number of hydrazine groups is 1. The van der Waals surface area contributed by atoms with E-state index in [0.717, 1.165) is 29.6 Å². The van der Waals surface area contributed by atoms with Gasteiger partial charge in [0.2, 0.25) is 5.95 Å². The van der Waals surface area contributed by atoms with Gasteiger partial charge in [-0.3, -0.25) is 5.43 Å². The first-order valence-corrected chi connectivity index (χ1v) is 7.44. The number of hydrogen-bond acceptors (Lipinski definition) is 6. The summed E-state index contributed by atoms with van der Waals surface area (Å²) in [6.45, 7) is 0.690. The monoisotopic (exact) mass is 287 g/mol. The molecule has 0 atom stereocenters. The van der Waals surface area contributed by atoms with E-state index >= 15 is 0 Å². The van der Waals surface area contributed by atoms with Crippen molar-refractivity contribution in [1.29, 1.82) is 0 Å². The average molecular weight is 287 g/mol. The molecular weight excluding hydrogens is 266 g/mol. The summed E-state index contributed by atoms with van der Waals surface area (Å²) in [5.41, 5.74) is 3.39. The number of para-hydroxylation sites is 1. The molecule has 112 valence electrons. The number of nitrogens with two attached hydrogens (primary N) is 1. The molecule has 4 N–H and O–H groups in total. The van der Waals surface area contributed by atoms with Gasteiger partial charge in [-0.25, -0.2) is 10.8 Å². The molecule has 1 aliphatic rings. The third-order valence-electron chi connectivity index (χ3n) is 4.09. The van der Waals surface area contributed by atoms with Crippen LogP contribution in [0.1, 0.15) is 25.7 Å². The van der Waals surface area contributed by atoms with E-state index in [2.05, 4.69) is 20.3 Å². The Hall–Kier alpha value is -1.92. The number of benzene rings is 1. The van der Waals surface area contributed by atoms with Crippen molar-refractivity contribution in [2.24, 2.45) is 5.84 Å². The highest BCUT2D eigenvalue weighted by Crippen LogP contribution is 2.31. The van der Waals surface area contributed by atoms with Crippen LogP contribution in [0, 0.1) is 0 Å². The maximum atomic E-state index is 9.43. The molecule has 1 fully saturated rings. The van der Waals surface area contributed by atoms with E-state index in [1.165, 1.54) is 12.8 Å². The van der Waals surface area contributed by atoms with Crippen LogP contribution < -0.4 is 16.2 Å². The van der Waals surface area contributed by atoms with Crippen molar-refractivity contribution in [2.45, 2.75) is 31.7 Å². The molecule has 0 amide bonds. The highest BCUT2D eigenvalue weighted by molar-refractivity contribution is 5.90. The quantitative estimate of drug-likeness (QED) is 0.572. The SMILES string of the molecule is NNc1nc(N(CCO)C2CCCC2)c2ccccc2n1. The molecular formula is C15H21N5O. The number of aliphatic hydroxyl groups is 1. The molecule has 0 radical (unpaired) electrons. The van der Waals surface area contributed by atoms with Gasteiger partial charge < -0.3 is 10.0 Å². The molecule has 0 spiro atoms. The van der Waals surface area contributed by atoms with Crippen molar-refractivity contribution >= 4 is 22.7 Å². The minimum absolute atomic E-state index is 0.111. The van der Waals surface area contributed by atoms with Crippen LogP contribution in [0.2, 0.25) is 0 Å². The van der Waals surface area contributed by atoms with Gasteiger partial charge in [-0.15, -0.1) is 0 Å². The van der Waals surface area contributed by atoms with Crippen LogP contribution in [-0.2, 0) is 0 Å². The summed E-state index contributed by atoms with van der Waals surface area (Å²) in [4.78, 5) is 11.1. The van der Waals surface area contributed by atoms with E-state index in [4.69, 9.17) is 5.84 Å². The van der Waals surface area contributed by atoms with Gasteiger partial charge in [0, 0.05) is 18.0 Å². The number of hydrogen-bond donors (Lipinski definition) is 3. The first-order chi connectivity index (χ1) is 10.3. The normalized spacial score (nSPS) is 15.5. The maximum absolute atomic E-state index is 9.43. The van der Waals surface area contributed by atoms with E-state index < -0.39 is 0 Å². The number of aromatic nitrogens is 2. The number of nitrogens with zero attached hydrogens (tertiary/aromatic N) is 3. The lowest BCUT2D eigenvalue weighted by molar-refractivity contribution is 0.297. The Morgan fingerprint density at radius 2 is 2.00 bits per heavy atom. The van der Waals surface area contributed by atoms with E-state index in [-0.39, 0.29) is 6.61 Å². The number of fused-ring (bicyclic) bond motifs is 1. The van der Waals surface area contributed by atoms with Crippen LogP contribution in [0.25, 0.3) is 10.9 Å². The predicted molar refractivity (Wildman–Crippen MR) is 84.0 cm³/mol. The molecule has 0 unspecified atom stereocenters. The third-order valence-corrected chi connectivity index (χ3v) is 4.09. The maximum Gasteiger partial charge on any atom is 0.239 e. The Labute approximate surface area is 124 Å². The fourth-order valence-corrected chi connectivity index (χ4v) is 3.13. The van der Waals surface area contributed by atoms with Crippen molar-refractivity contribution in [1.82, 2.24) is 9.97 Å². The number of nitrogen functional groups attached to an aromatic ring is 1. The van der Waals surface area contributed by atoms with Crippen molar-refractivity contribution < 1.29 is 5.11 Å². The number of aliphatic hydroxyl groups excluding tert-OH is 1. The molecule has 0 aliphatic heterocycles. The van der Waals surface area contributed by atoms with Crippen LogP contribution >= 0.6 is 0 Å². The van der Waals surface area contributed by atoms with E-state index in [0.29, 0.717) is 18.5 Å². The molecule has 3 rings (SSSR count). The molecule has 0 saturated heterocycles. The first-order valence-electron chi connectivity index (χ1n) is 7.44. The zero-order valence-corrected chi connectivity index (χ0v) is 12.0. The fraction of sp³-hybridized carbons (Fsp3) is 0.467. The van der Waals surface area contributed by atoms with E-state index in [1.54, 1.807) is 0 Å². The number of rotatable bonds is 5. The highest BCUT2D eigenvalue weighted by atomic mass is 16.3. The van der Waals surface area contributed by atoms with Gasteiger partial charge in [-0.1, -0.05) is 25.0 Å². The molecule has 1 saturated carbocycles. The summed E-state index contributed by atoms with van der Waals surface area (Å²) in [6, 6.07) is 8.33. The van der Waals surface area contributed by atoms with Gasteiger partial charge in [-0.05, 0) is 25.0 Å². The van der Waals surface area contributed by atoms with Gasteiger partial charge in [0.25, 0.3) is 0 Å². The van der Waals surface area contributed by atoms with Crippen molar-refractivity contribution in [3.05, 3.63) is 24.3 Å². The van der Waals surface area contributed by atoms with Crippen LogP contribution in [0.3, 0.4) is 0 Å². The smallest absolute Gasteiger partial charge is 0.239 e. The standard InChI is InChI=1S/C15H21N5O/c16-19-15-17-13-8-4-3-7-12(13)14(18-15)20(9-10-21)11-5-1-2-6-11/h3-4,7-8,11,21H,1-2,5-6,9-10,16H2,(H,17,18,19). The summed E-state index contributed by atoms with van der Waals surface area (Å²) >= 11 is 0. The van der Waals surface area contributed by atoms with Crippen molar-refractivity contribution in [3.63, 3.8) is 0 Å². The largest absolute Gasteiger partial charge is 0.395 e. The van der Waals surface area contributed by atoms with Crippen molar-refractivity contribution in [3.8, 4) is 0 Å². The second-order valence-electron chi connectivity index (χ2n) is 5.39. The Kier molecular flexibility index (Phi) is 4.17. The average Bonchev–Trinajstić information content (AvgIpc) is 3.05. The van der Waals surface area contributed by atoms with Gasteiger partial charge >= 0.3 is 0 Å². The number of anilines is 2. The fourth-order valence-electron chi connectivity index (χ4n) is 3.13. The van der Waals surface area contributed by atoms with Gasteiger partial charge in [0.15, 0.2) is 0 Å². The molecule has 1 heterocycles. The lowest BCUT2D eigenvalue weighted by atomic mass is 10.1. The first kappa shape index (κ1) is 14.0. The summed E-state index contributed by atoms with van der Waals surface area (Å²) in [6.07, 6.45) is 4.75. The molecule has 1 aliphatic carbocycles. The Balaban J connectivity index is 2.10. The highest BCUT2D eigenvalue weighted by Gasteiger charge is 2.25. The second kappa shape index (κ2) is 6.24. The van der Waals surface area contributed by atoms with Crippen LogP contribution in [0.4, 0.5) is 11.8 Å². The minimum Gasteiger partial charge on any atom is -0.395 e. The minimum atomic E-state index is 0.111. The Morgan fingerprint density at radius 1 is 1.24 bits per heavy atom. The van der Waals surface area contributed by atoms with Crippen molar-refractivity contribution in [2.75, 3.05) is 23.5 Å². The third kappa shape index (κ3) is 2.77. The van der Waals surface area contributed by atoms with Crippen LogP contribution in [0.5, 0.6) is 0 Å². The summed E-state index contributed by atoms with van der Waals surface area (Å²) < 4.78 is 0. The molecule has 6 nitrogen and oxygen atoms in total. The number of nitrogens with one attached hydrogen (secondary N) is 1. The lowest BCUT2D eigenvalue weighted by Gasteiger charge is -2.30. The molecule has 0 bridgehead atoms. The predicted octanol–water partition coefficient (Wildman–Crippen LogP) is 1.66. The molecule has 1 aromatic carbocycles. The van der Waals surface area contributed by atoms with Crippen LogP contribution in [-0.4, -0.2) is 34.3 Å². The van der Waals surface area contributed by atoms with E-state index in [9.17, 15) is 5.11 Å². The Bertz CT molecular complexity index is 612. The zero-order chi connectivity index (χ0) is 14.7. The van der Waals surface area contributed by atoms with E-state index in [1.807, 2.05) is 24.3 Å². The summed E-state index contributed by atoms with van der Waals surface area (Å²) in [7, 11) is 0. The molecule has 21 heavy (non-hydrogen) atoms. The second-order valence-corrected chi connectivity index (χ2v) is 5.39. The topological polar surface area (TPSA) is 87.3 Å². The van der Waals surface area contributed by atoms with Gasteiger partial charge in [0.1, 0.15) is 5.82 Å². The summed E-state index contributed by atoms with van der Waals surface area (Å²) in [5.74, 6) is 6.76. The molecule has 2 aromatic rings. The zero-order valence-electron chi connectivity index (χ0n) is 12.0. The Morgan fingerprint density at radius 3 is 2.71 bits per heavy atom. The molecule has 6 heteroatoms. The molecule has 1 aromatic heterocycles. The van der Waals surface area contributed by atoms with Crippen LogP contribution in [0.15, 0.2) is 24.3 Å². The van der Waals surface area contributed by atoms with Gasteiger partial charge in [-0.2, -0.15) is 4.98 Å². The lowest BCUT2D eigenvalue weighted by Crippen LogP contribution is -2.36. The summed E-state index contributed by atoms with van der Waals surface area (Å²) in [5, 5.41) is 10.4.